The molecule has 5 N–H and O–H groups in total. The molecule has 1 aromatic heterocycles. The molecule has 3 aromatic rings. The first-order chi connectivity index (χ1) is 17.4. The van der Waals surface area contributed by atoms with Crippen molar-refractivity contribution >= 4 is 29.3 Å². The Morgan fingerprint density at radius 3 is 2.32 bits per heavy atom. The van der Waals surface area contributed by atoms with Crippen molar-refractivity contribution in [3.05, 3.63) is 82.4 Å². The van der Waals surface area contributed by atoms with Gasteiger partial charge in [-0.05, 0) is 55.3 Å². The van der Waals surface area contributed by atoms with Crippen molar-refractivity contribution in [3.8, 4) is 11.1 Å². The Morgan fingerprint density at radius 2 is 1.73 bits per heavy atom. The Morgan fingerprint density at radius 1 is 1.05 bits per heavy atom. The Balaban J connectivity index is 2.06. The van der Waals surface area contributed by atoms with Gasteiger partial charge in [-0.15, -0.1) is 0 Å². The largest absolute Gasteiger partial charge is 0.478 e. The highest BCUT2D eigenvalue weighted by molar-refractivity contribution is 6.09. The van der Waals surface area contributed by atoms with E-state index in [0.717, 1.165) is 12.5 Å². The van der Waals surface area contributed by atoms with Gasteiger partial charge < -0.3 is 16.2 Å². The minimum Gasteiger partial charge on any atom is -0.478 e. The second-order valence-corrected chi connectivity index (χ2v) is 9.19. The van der Waals surface area contributed by atoms with Gasteiger partial charge in [-0.25, -0.2) is 19.0 Å². The zero-order valence-corrected chi connectivity index (χ0v) is 21.1. The number of quaternary nitrogens is 1. The highest BCUT2D eigenvalue weighted by Crippen LogP contribution is 2.29. The minimum absolute atomic E-state index is 0.0631. The highest BCUT2D eigenvalue weighted by Gasteiger charge is 2.29. The minimum atomic E-state index is -1.26. The average molecular weight is 507 g/mol. The smallest absolute Gasteiger partial charge is 0.345 e. The second-order valence-electron chi connectivity index (χ2n) is 9.19. The maximum absolute atomic E-state index is 14.3. The number of carboxylic acid groups (broad SMARTS) is 1. The van der Waals surface area contributed by atoms with Crippen LogP contribution in [0.3, 0.4) is 0 Å². The molecule has 0 fully saturated rings. The van der Waals surface area contributed by atoms with Gasteiger partial charge in [0.1, 0.15) is 17.3 Å². The lowest BCUT2D eigenvalue weighted by Crippen LogP contribution is -2.46. The first-order valence-corrected chi connectivity index (χ1v) is 11.5. The third kappa shape index (κ3) is 5.87. The number of nitrogen functional groups attached to an aromatic ring is 1. The van der Waals surface area contributed by atoms with Gasteiger partial charge in [-0.3, -0.25) is 14.7 Å². The maximum atomic E-state index is 14.3. The maximum Gasteiger partial charge on any atom is 0.345 e. The molecule has 0 unspecified atom stereocenters. The molecule has 1 heterocycles. The average Bonchev–Trinajstić information content (AvgIpc) is 2.83. The van der Waals surface area contributed by atoms with E-state index in [1.54, 1.807) is 33.2 Å². The predicted molar refractivity (Wildman–Crippen MR) is 138 cm³/mol. The number of carboxylic acids is 1. The van der Waals surface area contributed by atoms with Gasteiger partial charge in [0.05, 0.1) is 37.3 Å². The molecule has 0 bridgehead atoms. The molecule has 0 radical (unpaired) electrons. The van der Waals surface area contributed by atoms with Crippen molar-refractivity contribution in [2.45, 2.75) is 20.3 Å². The van der Waals surface area contributed by atoms with Crippen molar-refractivity contribution in [2.75, 3.05) is 26.0 Å². The van der Waals surface area contributed by atoms with Crippen LogP contribution >= 0.6 is 0 Å². The first kappa shape index (κ1) is 27.2. The van der Waals surface area contributed by atoms with Gasteiger partial charge in [-0.2, -0.15) is 0 Å². The lowest BCUT2D eigenvalue weighted by Gasteiger charge is -2.26. The molecule has 9 nitrogen and oxygen atoms in total. The molecule has 192 valence electrons. The summed E-state index contributed by atoms with van der Waals surface area (Å²) >= 11 is 0. The Bertz CT molecular complexity index is 1420. The van der Waals surface area contributed by atoms with Crippen LogP contribution in [0, 0.1) is 18.2 Å². The number of pyridine rings is 1. The number of nitrogens with zero attached hydrogens (tertiary/aromatic N) is 2. The zero-order valence-electron chi connectivity index (χ0n) is 21.1. The van der Waals surface area contributed by atoms with Gasteiger partial charge >= 0.3 is 11.9 Å². The standard InChI is InChI=1S/C27H28FN5O4/c1-5-12-33(3,4)26(35)16-7-10-18(21(13-16)27(36)37)19-9-6-15(2)31-23(19)25(34)32-17-8-11-20(24(29)30)22(28)14-17/h6-11,13-14H,5,12H2,1-4H3,(H4-,29,30,32,34,36,37)/p+1. The number of amides is 2. The predicted octanol–water partition coefficient (Wildman–Crippen LogP) is 4.06. The van der Waals surface area contributed by atoms with Crippen LogP contribution in [0.4, 0.5) is 10.1 Å². The van der Waals surface area contributed by atoms with Gasteiger partial charge in [0, 0.05) is 16.9 Å². The van der Waals surface area contributed by atoms with Crippen molar-refractivity contribution in [1.29, 1.82) is 5.41 Å². The fourth-order valence-electron chi connectivity index (χ4n) is 4.05. The van der Waals surface area contributed by atoms with Crippen LogP contribution in [0.15, 0.2) is 48.5 Å². The van der Waals surface area contributed by atoms with Crippen molar-refractivity contribution in [3.63, 3.8) is 0 Å². The summed E-state index contributed by atoms with van der Waals surface area (Å²) < 4.78 is 14.3. The van der Waals surface area contributed by atoms with Crippen LogP contribution in [-0.2, 0) is 0 Å². The number of nitrogens with one attached hydrogen (secondary N) is 2. The quantitative estimate of drug-likeness (QED) is 0.206. The summed E-state index contributed by atoms with van der Waals surface area (Å²) in [6.07, 6.45) is 0.775. The van der Waals surface area contributed by atoms with E-state index in [1.807, 2.05) is 6.92 Å². The second kappa shape index (κ2) is 10.7. The van der Waals surface area contributed by atoms with Crippen LogP contribution < -0.4 is 11.1 Å². The molecule has 0 saturated carbocycles. The third-order valence-corrected chi connectivity index (χ3v) is 5.89. The van der Waals surface area contributed by atoms with E-state index in [1.165, 1.54) is 30.3 Å². The number of aromatic carboxylic acids is 1. The van der Waals surface area contributed by atoms with Crippen molar-refractivity contribution in [2.24, 2.45) is 5.73 Å². The van der Waals surface area contributed by atoms with E-state index >= 15 is 0 Å². The van der Waals surface area contributed by atoms with E-state index in [4.69, 9.17) is 11.1 Å². The number of hydrogen-bond donors (Lipinski definition) is 4. The van der Waals surface area contributed by atoms with Crippen LogP contribution in [0.2, 0.25) is 0 Å². The van der Waals surface area contributed by atoms with E-state index in [0.29, 0.717) is 12.2 Å². The fraction of sp³-hybridized carbons (Fsp3) is 0.222. The molecule has 2 amide bonds. The van der Waals surface area contributed by atoms with E-state index in [2.05, 4.69) is 10.3 Å². The van der Waals surface area contributed by atoms with E-state index in [9.17, 15) is 23.9 Å². The van der Waals surface area contributed by atoms with E-state index < -0.39 is 23.5 Å². The molecular formula is C27H29FN5O4+. The van der Waals surface area contributed by atoms with E-state index in [-0.39, 0.29) is 49.6 Å². The van der Waals surface area contributed by atoms with Gasteiger partial charge in [0.15, 0.2) is 0 Å². The number of carbonyl (C=O) groups is 3. The number of halogens is 1. The molecular weight excluding hydrogens is 477 g/mol. The Hall–Kier alpha value is -4.44. The molecule has 37 heavy (non-hydrogen) atoms. The van der Waals surface area contributed by atoms with Crippen LogP contribution in [0.5, 0.6) is 0 Å². The Kier molecular flexibility index (Phi) is 7.83. The molecule has 0 saturated heterocycles. The van der Waals surface area contributed by atoms with Gasteiger partial charge in [0.25, 0.3) is 5.91 Å². The summed E-state index contributed by atoms with van der Waals surface area (Å²) in [6.45, 7) is 4.22. The molecule has 0 atom stereocenters. The lowest BCUT2D eigenvalue weighted by molar-refractivity contribution is -0.807. The number of nitrogens with two attached hydrogens (primary N) is 1. The number of amidine groups is 1. The number of anilines is 1. The summed E-state index contributed by atoms with van der Waals surface area (Å²) in [5, 5.41) is 19.9. The summed E-state index contributed by atoms with van der Waals surface area (Å²) in [7, 11) is 3.52. The molecule has 0 aliphatic rings. The normalized spacial score (nSPS) is 11.2. The van der Waals surface area contributed by atoms with Crippen molar-refractivity contribution in [1.82, 2.24) is 4.98 Å². The molecule has 10 heteroatoms. The summed E-state index contributed by atoms with van der Waals surface area (Å²) in [4.78, 5) is 42.7. The molecule has 2 aromatic carbocycles. The number of carbonyl (C=O) groups excluding carboxylic acids is 2. The summed E-state index contributed by atoms with van der Waals surface area (Å²) in [5.74, 6) is -3.41. The summed E-state index contributed by atoms with van der Waals surface area (Å²) in [6, 6.07) is 11.3. The van der Waals surface area contributed by atoms with Gasteiger partial charge in [-0.1, -0.05) is 19.1 Å². The SMILES string of the molecule is CCC[N+](C)(C)C(=O)c1ccc(-c2ccc(C)nc2C(=O)Nc2ccc(C(=N)N)c(F)c2)c(C(=O)O)c1. The number of hydrogen-bond acceptors (Lipinski definition) is 5. The van der Waals surface area contributed by atoms with Crippen LogP contribution in [0.25, 0.3) is 11.1 Å². The summed E-state index contributed by atoms with van der Waals surface area (Å²) in [5.41, 5.74) is 6.32. The molecule has 0 spiro atoms. The number of aryl methyl sites for hydroxylation is 1. The molecule has 0 aliphatic heterocycles. The topological polar surface area (TPSA) is 146 Å². The fourth-order valence-corrected chi connectivity index (χ4v) is 4.05. The molecule has 3 rings (SSSR count). The van der Waals surface area contributed by atoms with Crippen LogP contribution in [-0.4, -0.2) is 58.8 Å². The number of benzene rings is 2. The third-order valence-electron chi connectivity index (χ3n) is 5.89. The molecule has 0 aliphatic carbocycles. The van der Waals surface area contributed by atoms with Crippen LogP contribution in [0.1, 0.15) is 55.8 Å². The Labute approximate surface area is 213 Å². The highest BCUT2D eigenvalue weighted by atomic mass is 19.1. The number of rotatable bonds is 8. The van der Waals surface area contributed by atoms with Crippen molar-refractivity contribution < 1.29 is 28.4 Å². The lowest BCUT2D eigenvalue weighted by atomic mass is 9.95. The first-order valence-electron chi connectivity index (χ1n) is 11.5. The monoisotopic (exact) mass is 506 g/mol. The van der Waals surface area contributed by atoms with Gasteiger partial charge in [0.2, 0.25) is 0 Å². The zero-order chi connectivity index (χ0) is 27.5. The number of aromatic nitrogens is 1.